The number of hydrogen-bond acceptors (Lipinski definition) is 3. The van der Waals surface area contributed by atoms with Crippen molar-refractivity contribution in [3.8, 4) is 5.75 Å². The molecule has 0 aliphatic heterocycles. The van der Waals surface area contributed by atoms with E-state index in [-0.39, 0.29) is 11.9 Å². The summed E-state index contributed by atoms with van der Waals surface area (Å²) in [5, 5.41) is 0. The van der Waals surface area contributed by atoms with Crippen LogP contribution in [0, 0.1) is 23.7 Å². The molecule has 4 rings (SSSR count). The van der Waals surface area contributed by atoms with Crippen LogP contribution < -0.4 is 4.74 Å². The first-order valence-electron chi connectivity index (χ1n) is 14.3. The normalized spacial score (nSPS) is 27.7. The second kappa shape index (κ2) is 13.4. The summed E-state index contributed by atoms with van der Waals surface area (Å²) < 4.78 is 11.5. The van der Waals surface area contributed by atoms with Crippen LogP contribution in [0.4, 0.5) is 0 Å². The average molecular weight is 467 g/mol. The lowest BCUT2D eigenvalue weighted by Gasteiger charge is -2.29. The highest BCUT2D eigenvalue weighted by Crippen LogP contribution is 2.44. The van der Waals surface area contributed by atoms with Crippen molar-refractivity contribution in [1.82, 2.24) is 0 Å². The third kappa shape index (κ3) is 7.36. The number of esters is 1. The molecule has 3 aliphatic carbocycles. The van der Waals surface area contributed by atoms with Crippen molar-refractivity contribution in [1.29, 1.82) is 0 Å². The number of benzene rings is 1. The monoisotopic (exact) mass is 466 g/mol. The quantitative estimate of drug-likeness (QED) is 0.157. The summed E-state index contributed by atoms with van der Waals surface area (Å²) in [5.74, 6) is 3.93. The van der Waals surface area contributed by atoms with Crippen molar-refractivity contribution in [2.45, 2.75) is 103 Å². The molecule has 3 heteroatoms. The maximum Gasteiger partial charge on any atom is 0.309 e. The van der Waals surface area contributed by atoms with Gasteiger partial charge in [-0.15, -0.1) is 0 Å². The molecule has 1 aromatic carbocycles. The van der Waals surface area contributed by atoms with Gasteiger partial charge in [-0.25, -0.2) is 0 Å². The molecule has 2 saturated carbocycles. The van der Waals surface area contributed by atoms with Crippen molar-refractivity contribution in [2.24, 2.45) is 23.7 Å². The smallest absolute Gasteiger partial charge is 0.309 e. The third-order valence-electron chi connectivity index (χ3n) is 8.55. The van der Waals surface area contributed by atoms with Crippen LogP contribution in [0.25, 0.3) is 0 Å². The Morgan fingerprint density at radius 1 is 0.853 bits per heavy atom. The van der Waals surface area contributed by atoms with Gasteiger partial charge in [-0.2, -0.15) is 0 Å². The van der Waals surface area contributed by atoms with Crippen LogP contribution in [0.5, 0.6) is 5.75 Å². The largest absolute Gasteiger partial charge is 0.494 e. The van der Waals surface area contributed by atoms with E-state index in [2.05, 4.69) is 43.3 Å². The average Bonchev–Trinajstić information content (AvgIpc) is 3.51. The van der Waals surface area contributed by atoms with Gasteiger partial charge in [0, 0.05) is 0 Å². The number of carbonyl (C=O) groups is 1. The standard InChI is InChI=1S/C31H46O3/c1-2-3-6-9-24-10-13-26(14-11-24)27-16-18-29(19-17-27)33-20-7-4-5-8-21-34-31(32)30-23-25-12-15-28(30)22-25/h12,15-19,24-26,28,30H,2-11,13-14,20-23H2,1H3/t24?,25-,26?,28+,30+/m1/s1. The van der Waals surface area contributed by atoms with Crippen LogP contribution in [-0.2, 0) is 9.53 Å². The Labute approximate surface area is 207 Å². The van der Waals surface area contributed by atoms with Crippen LogP contribution in [0.1, 0.15) is 108 Å². The van der Waals surface area contributed by atoms with Gasteiger partial charge >= 0.3 is 5.97 Å². The van der Waals surface area contributed by atoms with Crippen molar-refractivity contribution in [3.63, 3.8) is 0 Å². The molecule has 2 bridgehead atoms. The lowest BCUT2D eigenvalue weighted by molar-refractivity contribution is -0.149. The number of fused-ring (bicyclic) bond motifs is 2. The highest BCUT2D eigenvalue weighted by Gasteiger charge is 2.40. The van der Waals surface area contributed by atoms with Gasteiger partial charge in [0.05, 0.1) is 19.1 Å². The van der Waals surface area contributed by atoms with Crippen LogP contribution in [-0.4, -0.2) is 19.2 Å². The Morgan fingerprint density at radius 2 is 1.62 bits per heavy atom. The van der Waals surface area contributed by atoms with Gasteiger partial charge in [-0.05, 0) is 106 Å². The Balaban J connectivity index is 1.02. The molecule has 2 fully saturated rings. The minimum absolute atomic E-state index is 0.0312. The zero-order valence-electron chi connectivity index (χ0n) is 21.4. The molecule has 1 aromatic rings. The van der Waals surface area contributed by atoms with E-state index in [1.54, 1.807) is 0 Å². The Hall–Kier alpha value is -1.77. The molecule has 0 N–H and O–H groups in total. The van der Waals surface area contributed by atoms with Crippen molar-refractivity contribution < 1.29 is 14.3 Å². The molecule has 188 valence electrons. The van der Waals surface area contributed by atoms with Crippen LogP contribution in [0.2, 0.25) is 0 Å². The number of ether oxygens (including phenoxy) is 2. The molecule has 3 nitrogen and oxygen atoms in total. The van der Waals surface area contributed by atoms with Crippen LogP contribution >= 0.6 is 0 Å². The highest BCUT2D eigenvalue weighted by molar-refractivity contribution is 5.74. The molecule has 3 aliphatic rings. The summed E-state index contributed by atoms with van der Waals surface area (Å²) in [4.78, 5) is 12.2. The topological polar surface area (TPSA) is 35.5 Å². The minimum atomic E-state index is 0.0312. The Kier molecular flexibility index (Phi) is 9.95. The second-order valence-electron chi connectivity index (χ2n) is 11.1. The lowest BCUT2D eigenvalue weighted by Crippen LogP contribution is -2.22. The fourth-order valence-electron chi connectivity index (χ4n) is 6.38. The number of allylic oxidation sites excluding steroid dienone is 2. The fourth-order valence-corrected chi connectivity index (χ4v) is 6.38. The number of hydrogen-bond donors (Lipinski definition) is 0. The summed E-state index contributed by atoms with van der Waals surface area (Å²) in [7, 11) is 0. The van der Waals surface area contributed by atoms with Gasteiger partial charge < -0.3 is 9.47 Å². The van der Waals surface area contributed by atoms with Crippen molar-refractivity contribution in [2.75, 3.05) is 13.2 Å². The minimum Gasteiger partial charge on any atom is -0.494 e. The number of rotatable bonds is 14. The molecule has 3 atom stereocenters. The molecule has 0 radical (unpaired) electrons. The van der Waals surface area contributed by atoms with E-state index in [0.29, 0.717) is 18.4 Å². The number of carbonyl (C=O) groups excluding carboxylic acids is 1. The van der Waals surface area contributed by atoms with Gasteiger partial charge in [0.25, 0.3) is 0 Å². The second-order valence-corrected chi connectivity index (χ2v) is 11.1. The zero-order valence-corrected chi connectivity index (χ0v) is 21.4. The summed E-state index contributed by atoms with van der Waals surface area (Å²) in [6, 6.07) is 8.90. The first kappa shape index (κ1) is 25.3. The summed E-state index contributed by atoms with van der Waals surface area (Å²) in [5.41, 5.74) is 1.50. The molecule has 0 spiro atoms. The molecule has 0 unspecified atom stereocenters. The summed E-state index contributed by atoms with van der Waals surface area (Å²) in [6.45, 7) is 3.63. The molecule has 0 amide bonds. The first-order chi connectivity index (χ1) is 16.7. The van der Waals surface area contributed by atoms with E-state index >= 15 is 0 Å². The fraction of sp³-hybridized carbons (Fsp3) is 0.710. The van der Waals surface area contributed by atoms with E-state index in [9.17, 15) is 4.79 Å². The maximum atomic E-state index is 12.2. The predicted molar refractivity (Wildman–Crippen MR) is 139 cm³/mol. The first-order valence-corrected chi connectivity index (χ1v) is 14.3. The maximum absolute atomic E-state index is 12.2. The molecular weight excluding hydrogens is 420 g/mol. The van der Waals surface area contributed by atoms with E-state index in [1.807, 2.05) is 0 Å². The Morgan fingerprint density at radius 3 is 2.29 bits per heavy atom. The van der Waals surface area contributed by atoms with E-state index < -0.39 is 0 Å². The predicted octanol–water partition coefficient (Wildman–Crippen LogP) is 8.24. The van der Waals surface area contributed by atoms with E-state index in [1.165, 1.54) is 56.9 Å². The molecule has 0 saturated heterocycles. The van der Waals surface area contributed by atoms with Crippen molar-refractivity contribution in [3.05, 3.63) is 42.0 Å². The lowest BCUT2D eigenvalue weighted by atomic mass is 9.77. The summed E-state index contributed by atoms with van der Waals surface area (Å²) >= 11 is 0. The molecular formula is C31H46O3. The van der Waals surface area contributed by atoms with E-state index in [0.717, 1.165) is 62.7 Å². The van der Waals surface area contributed by atoms with Gasteiger partial charge in [0.2, 0.25) is 0 Å². The molecule has 0 heterocycles. The molecule has 0 aromatic heterocycles. The van der Waals surface area contributed by atoms with Crippen molar-refractivity contribution >= 4 is 5.97 Å². The van der Waals surface area contributed by atoms with Gasteiger partial charge in [0.1, 0.15) is 5.75 Å². The van der Waals surface area contributed by atoms with Gasteiger partial charge in [-0.1, -0.05) is 56.9 Å². The zero-order chi connectivity index (χ0) is 23.6. The van der Waals surface area contributed by atoms with Gasteiger partial charge in [0.15, 0.2) is 0 Å². The Bertz CT molecular complexity index is 759. The molecule has 34 heavy (non-hydrogen) atoms. The highest BCUT2D eigenvalue weighted by atomic mass is 16.5. The summed E-state index contributed by atoms with van der Waals surface area (Å²) in [6.07, 6.45) is 22.0. The third-order valence-corrected chi connectivity index (χ3v) is 8.55. The van der Waals surface area contributed by atoms with E-state index in [4.69, 9.17) is 9.47 Å². The number of unbranched alkanes of at least 4 members (excludes halogenated alkanes) is 5. The van der Waals surface area contributed by atoms with Crippen LogP contribution in [0.3, 0.4) is 0 Å². The van der Waals surface area contributed by atoms with Gasteiger partial charge in [-0.3, -0.25) is 4.79 Å². The SMILES string of the molecule is CCCCCC1CCC(c2ccc(OCCCCCCOC(=O)[C@H]3C[C@@H]4C=C[C@H]3C4)cc2)CC1. The van der Waals surface area contributed by atoms with Crippen LogP contribution in [0.15, 0.2) is 36.4 Å².